The quantitative estimate of drug-likeness (QED) is 0.493. The molecule has 1 aromatic carbocycles. The van der Waals surface area contributed by atoms with Gasteiger partial charge in [0.1, 0.15) is 23.1 Å². The van der Waals surface area contributed by atoms with Gasteiger partial charge in [0, 0.05) is 56.2 Å². The van der Waals surface area contributed by atoms with E-state index >= 15 is 0 Å². The Bertz CT molecular complexity index is 1320. The highest BCUT2D eigenvalue weighted by Crippen LogP contribution is 2.41. The van der Waals surface area contributed by atoms with Crippen LogP contribution in [-0.2, 0) is 16.8 Å². The van der Waals surface area contributed by atoms with Crippen molar-refractivity contribution >= 4 is 29.0 Å². The zero-order valence-electron chi connectivity index (χ0n) is 23.6. The van der Waals surface area contributed by atoms with Gasteiger partial charge in [0.2, 0.25) is 0 Å². The van der Waals surface area contributed by atoms with Crippen LogP contribution in [0.4, 0.5) is 5.69 Å². The van der Waals surface area contributed by atoms with Crippen molar-refractivity contribution in [2.75, 3.05) is 45.3 Å². The van der Waals surface area contributed by atoms with Crippen LogP contribution < -0.4 is 19.7 Å². The van der Waals surface area contributed by atoms with Crippen LogP contribution in [0.15, 0.2) is 18.2 Å². The van der Waals surface area contributed by atoms with E-state index in [0.29, 0.717) is 61.8 Å². The molecule has 0 aliphatic carbocycles. The Morgan fingerprint density at radius 2 is 1.85 bits per heavy atom. The first-order valence-electron chi connectivity index (χ1n) is 13.2. The summed E-state index contributed by atoms with van der Waals surface area (Å²) in [5, 5.41) is 11.3. The fourth-order valence-corrected chi connectivity index (χ4v) is 5.02. The number of hydrogen-bond acceptors (Lipinski definition) is 8. The minimum absolute atomic E-state index is 0.0255. The number of benzene rings is 1. The Morgan fingerprint density at radius 1 is 1.15 bits per heavy atom. The summed E-state index contributed by atoms with van der Waals surface area (Å²) in [5.41, 5.74) is 3.14. The average Bonchev–Trinajstić information content (AvgIpc) is 3.20. The largest absolute Gasteiger partial charge is 0.494 e. The van der Waals surface area contributed by atoms with Crippen LogP contribution >= 0.6 is 0 Å². The van der Waals surface area contributed by atoms with Gasteiger partial charge >= 0.3 is 0 Å². The normalized spacial score (nSPS) is 15.3. The van der Waals surface area contributed by atoms with Gasteiger partial charge in [0.25, 0.3) is 5.91 Å². The van der Waals surface area contributed by atoms with Crippen LogP contribution in [0.1, 0.15) is 78.2 Å². The van der Waals surface area contributed by atoms with E-state index < -0.39 is 5.91 Å². The molecule has 1 fully saturated rings. The van der Waals surface area contributed by atoms with E-state index in [1.165, 1.54) is 7.05 Å². The van der Waals surface area contributed by atoms with Gasteiger partial charge in [-0.2, -0.15) is 0 Å². The van der Waals surface area contributed by atoms with Crippen molar-refractivity contribution in [1.82, 2.24) is 15.2 Å². The fraction of sp³-hybridized carbons (Fsp3) is 0.483. The van der Waals surface area contributed by atoms with Crippen LogP contribution in [0.5, 0.6) is 11.5 Å². The Morgan fingerprint density at radius 3 is 2.44 bits per heavy atom. The molecule has 0 radical (unpaired) electrons. The molecule has 208 valence electrons. The highest BCUT2D eigenvalue weighted by molar-refractivity contribution is 6.06. The molecule has 1 aromatic heterocycles. The van der Waals surface area contributed by atoms with Gasteiger partial charge in [-0.25, -0.2) is 4.98 Å². The molecule has 2 aliphatic rings. The molecular weight excluding hydrogens is 498 g/mol. The molecule has 10 heteroatoms. The molecular formula is C29H37N5O5. The molecule has 3 heterocycles. The van der Waals surface area contributed by atoms with Gasteiger partial charge in [-0.1, -0.05) is 20.8 Å². The van der Waals surface area contributed by atoms with E-state index in [1.807, 2.05) is 19.1 Å². The van der Waals surface area contributed by atoms with Gasteiger partial charge < -0.3 is 24.6 Å². The maximum Gasteiger partial charge on any atom is 0.273 e. The first-order valence-corrected chi connectivity index (χ1v) is 13.2. The summed E-state index contributed by atoms with van der Waals surface area (Å²) in [6.45, 7) is 9.83. The second-order valence-electron chi connectivity index (χ2n) is 10.8. The highest BCUT2D eigenvalue weighted by atomic mass is 16.5. The van der Waals surface area contributed by atoms with Crippen molar-refractivity contribution in [2.24, 2.45) is 0 Å². The van der Waals surface area contributed by atoms with Crippen molar-refractivity contribution in [1.29, 1.82) is 5.41 Å². The van der Waals surface area contributed by atoms with Gasteiger partial charge in [0.05, 0.1) is 25.9 Å². The number of aromatic nitrogens is 1. The predicted molar refractivity (Wildman–Crippen MR) is 149 cm³/mol. The second kappa shape index (κ2) is 11.0. The maximum atomic E-state index is 13.7. The SMILES string of the molecule is CCOc1cc2c(nc1C(=O)NC)C(=N)N(CC(=O)c1cc(N3CCC(=O)CC3)c(OC)c(C(C)(C)C)c1)C2. The molecule has 1 amide bonds. The van der Waals surface area contributed by atoms with E-state index in [1.54, 1.807) is 18.1 Å². The molecule has 0 unspecified atom stereocenters. The number of pyridine rings is 1. The Balaban J connectivity index is 1.66. The van der Waals surface area contributed by atoms with E-state index in [4.69, 9.17) is 14.9 Å². The molecule has 0 bridgehead atoms. The fourth-order valence-electron chi connectivity index (χ4n) is 5.02. The third-order valence-corrected chi connectivity index (χ3v) is 7.11. The lowest BCUT2D eigenvalue weighted by Crippen LogP contribution is -2.35. The maximum absolute atomic E-state index is 13.7. The van der Waals surface area contributed by atoms with Crippen LogP contribution in [0.25, 0.3) is 0 Å². The number of carbonyl (C=O) groups excluding carboxylic acids is 3. The number of amidine groups is 1. The van der Waals surface area contributed by atoms with Crippen LogP contribution in [0.3, 0.4) is 0 Å². The van der Waals surface area contributed by atoms with E-state index in [0.717, 1.165) is 16.8 Å². The summed E-state index contributed by atoms with van der Waals surface area (Å²) < 4.78 is 11.5. The number of fused-ring (bicyclic) bond motifs is 1. The first kappa shape index (κ1) is 28.1. The van der Waals surface area contributed by atoms with Gasteiger partial charge in [0.15, 0.2) is 17.2 Å². The summed E-state index contributed by atoms with van der Waals surface area (Å²) >= 11 is 0. The van der Waals surface area contributed by atoms with Crippen molar-refractivity contribution in [2.45, 2.75) is 52.5 Å². The van der Waals surface area contributed by atoms with Gasteiger partial charge in [-0.3, -0.25) is 19.8 Å². The molecule has 2 N–H and O–H groups in total. The van der Waals surface area contributed by atoms with Crippen LogP contribution in [0, 0.1) is 5.41 Å². The average molecular weight is 536 g/mol. The zero-order chi connectivity index (χ0) is 28.5. The van der Waals surface area contributed by atoms with Gasteiger partial charge in [-0.05, 0) is 30.5 Å². The number of ketones is 2. The summed E-state index contributed by atoms with van der Waals surface area (Å²) in [6, 6.07) is 5.45. The molecule has 2 aromatic rings. The molecule has 2 aliphatic heterocycles. The number of piperidine rings is 1. The van der Waals surface area contributed by atoms with Gasteiger partial charge in [-0.15, -0.1) is 0 Å². The molecule has 0 atom stereocenters. The first-order chi connectivity index (χ1) is 18.5. The van der Waals surface area contributed by atoms with E-state index in [-0.39, 0.29) is 35.1 Å². The number of Topliss-reactive ketones (excluding diaryl/α,β-unsaturated/α-hetero) is 2. The molecule has 0 spiro atoms. The number of ether oxygens (including phenoxy) is 2. The van der Waals surface area contributed by atoms with Crippen molar-refractivity contribution in [3.8, 4) is 11.5 Å². The summed E-state index contributed by atoms with van der Waals surface area (Å²) in [5.74, 6) is 0.845. The number of methoxy groups -OCH3 is 1. The highest BCUT2D eigenvalue weighted by Gasteiger charge is 2.32. The number of hydrogen-bond donors (Lipinski definition) is 2. The van der Waals surface area contributed by atoms with E-state index in [9.17, 15) is 14.4 Å². The van der Waals surface area contributed by atoms with E-state index in [2.05, 4.69) is 36.0 Å². The third kappa shape index (κ3) is 5.60. The van der Waals surface area contributed by atoms with Crippen molar-refractivity contribution in [3.05, 3.63) is 46.3 Å². The molecule has 4 rings (SSSR count). The molecule has 10 nitrogen and oxygen atoms in total. The summed E-state index contributed by atoms with van der Waals surface area (Å²) in [6.07, 6.45) is 0.925. The number of nitrogens with zero attached hydrogens (tertiary/aromatic N) is 3. The lowest BCUT2D eigenvalue weighted by molar-refractivity contribution is -0.119. The standard InChI is InChI=1S/C29H37N5O5/c1-7-39-23-14-18-15-34(27(30)24(18)32-25(23)28(37)31-5)16-22(36)17-12-20(29(2,3)4)26(38-6)21(13-17)33-10-8-19(35)9-11-33/h12-14,30H,7-11,15-16H2,1-6H3,(H,31,37). The number of carbonyl (C=O) groups is 3. The van der Waals surface area contributed by atoms with Crippen LogP contribution in [0.2, 0.25) is 0 Å². The Kier molecular flexibility index (Phi) is 7.94. The number of rotatable bonds is 8. The number of amides is 1. The minimum atomic E-state index is -0.400. The zero-order valence-corrected chi connectivity index (χ0v) is 23.6. The summed E-state index contributed by atoms with van der Waals surface area (Å²) in [4.78, 5) is 46.2. The molecule has 39 heavy (non-hydrogen) atoms. The lowest BCUT2D eigenvalue weighted by atomic mass is 9.84. The lowest BCUT2D eigenvalue weighted by Gasteiger charge is -2.33. The molecule has 0 saturated carbocycles. The van der Waals surface area contributed by atoms with Crippen LogP contribution in [-0.4, -0.2) is 73.6 Å². The molecule has 1 saturated heterocycles. The monoisotopic (exact) mass is 535 g/mol. The van der Waals surface area contributed by atoms with Crippen molar-refractivity contribution < 1.29 is 23.9 Å². The van der Waals surface area contributed by atoms with Crippen molar-refractivity contribution in [3.63, 3.8) is 0 Å². The predicted octanol–water partition coefficient (Wildman–Crippen LogP) is 3.34. The summed E-state index contributed by atoms with van der Waals surface area (Å²) in [7, 11) is 3.14. The number of nitrogens with one attached hydrogen (secondary N) is 2. The third-order valence-electron chi connectivity index (χ3n) is 7.11. The Hall–Kier alpha value is -3.95. The smallest absolute Gasteiger partial charge is 0.273 e. The number of anilines is 1. The minimum Gasteiger partial charge on any atom is -0.494 e. The second-order valence-corrected chi connectivity index (χ2v) is 10.8. The Labute approximate surface area is 229 Å². The topological polar surface area (TPSA) is 125 Å².